The molecule has 0 unspecified atom stereocenters. The van der Waals surface area contributed by atoms with Gasteiger partial charge in [-0.05, 0) is 54.6 Å². The van der Waals surface area contributed by atoms with E-state index < -0.39 is 5.97 Å². The second-order valence-corrected chi connectivity index (χ2v) is 11.7. The molecule has 180 valence electrons. The molecule has 34 heavy (non-hydrogen) atoms. The summed E-state index contributed by atoms with van der Waals surface area (Å²) in [4.78, 5) is 10.5. The number of hydrogen-bond acceptors (Lipinski definition) is 4. The molecule has 0 saturated heterocycles. The molecule has 0 bridgehead atoms. The van der Waals surface area contributed by atoms with Gasteiger partial charge in [0.15, 0.2) is 0 Å². The average molecular weight is 850 g/mol. The van der Waals surface area contributed by atoms with E-state index in [2.05, 4.69) is 106 Å². The zero-order chi connectivity index (χ0) is 23.4. The molecule has 0 aliphatic rings. The van der Waals surface area contributed by atoms with Crippen LogP contribution in [-0.2, 0) is 0 Å². The van der Waals surface area contributed by atoms with Crippen LogP contribution in [0.2, 0.25) is 0 Å². The maximum Gasteiger partial charge on any atom is 0.335 e. The number of rotatable bonds is 3. The lowest BCUT2D eigenvalue weighted by Crippen LogP contribution is -1.95. The van der Waals surface area contributed by atoms with Crippen LogP contribution in [-0.4, -0.2) is 21.3 Å². The topological polar surface area (TPSA) is 76.2 Å². The molecule has 0 aliphatic carbocycles. The summed E-state index contributed by atoms with van der Waals surface area (Å²) in [5.41, 5.74) is 1.97. The van der Waals surface area contributed by atoms with E-state index >= 15 is 0 Å². The van der Waals surface area contributed by atoms with Gasteiger partial charge in [-0.1, -0.05) is 110 Å². The SMILES string of the molecule is Brc1cc(Br)cc(-c2nnc(-c3cc(Br)cc(Br)c3)o2)c1.C.C.O=C(O)c1cc(Br)cc(Br)c1. The van der Waals surface area contributed by atoms with Crippen molar-refractivity contribution in [2.45, 2.75) is 14.9 Å². The van der Waals surface area contributed by atoms with Crippen LogP contribution in [0.25, 0.3) is 22.9 Å². The van der Waals surface area contributed by atoms with Crippen LogP contribution in [0.15, 0.2) is 85.9 Å². The van der Waals surface area contributed by atoms with Crippen LogP contribution in [0.5, 0.6) is 0 Å². The molecule has 1 heterocycles. The summed E-state index contributed by atoms with van der Waals surface area (Å²) in [5, 5.41) is 16.8. The second kappa shape index (κ2) is 14.0. The molecule has 0 amide bonds. The number of carboxylic acid groups (broad SMARTS) is 1. The van der Waals surface area contributed by atoms with E-state index in [-0.39, 0.29) is 20.4 Å². The smallest absolute Gasteiger partial charge is 0.335 e. The van der Waals surface area contributed by atoms with Crippen molar-refractivity contribution in [1.29, 1.82) is 0 Å². The van der Waals surface area contributed by atoms with E-state index in [0.717, 1.165) is 38.0 Å². The van der Waals surface area contributed by atoms with E-state index in [1.807, 2.05) is 36.4 Å². The number of aromatic carboxylic acids is 1. The van der Waals surface area contributed by atoms with Gasteiger partial charge in [0.1, 0.15) is 0 Å². The Kier molecular flexibility index (Phi) is 12.9. The molecule has 3 aromatic carbocycles. The highest BCUT2D eigenvalue weighted by Crippen LogP contribution is 2.31. The summed E-state index contributed by atoms with van der Waals surface area (Å²) in [6.45, 7) is 0. The van der Waals surface area contributed by atoms with Gasteiger partial charge in [-0.25, -0.2) is 4.79 Å². The highest BCUT2D eigenvalue weighted by Gasteiger charge is 2.12. The number of halogens is 6. The van der Waals surface area contributed by atoms with Crippen molar-refractivity contribution in [2.75, 3.05) is 0 Å². The zero-order valence-electron chi connectivity index (χ0n) is 15.6. The number of hydrogen-bond donors (Lipinski definition) is 1. The number of carboxylic acids is 1. The Morgan fingerprint density at radius 3 is 1.18 bits per heavy atom. The Morgan fingerprint density at radius 2 is 0.882 bits per heavy atom. The van der Waals surface area contributed by atoms with Crippen molar-refractivity contribution in [3.63, 3.8) is 0 Å². The van der Waals surface area contributed by atoms with Crippen molar-refractivity contribution >= 4 is 102 Å². The fourth-order valence-electron chi connectivity index (χ4n) is 2.49. The monoisotopic (exact) mass is 844 g/mol. The molecule has 1 N–H and O–H groups in total. The Morgan fingerprint density at radius 1 is 0.588 bits per heavy atom. The molecule has 1 aromatic heterocycles. The van der Waals surface area contributed by atoms with Gasteiger partial charge >= 0.3 is 5.97 Å². The minimum atomic E-state index is -0.924. The Bertz CT molecular complexity index is 1170. The van der Waals surface area contributed by atoms with Crippen molar-refractivity contribution in [3.8, 4) is 22.9 Å². The lowest BCUT2D eigenvalue weighted by atomic mass is 10.2. The fourth-order valence-corrected chi connectivity index (χ4v) is 6.37. The lowest BCUT2D eigenvalue weighted by molar-refractivity contribution is 0.0696. The molecular formula is C23H18Br6N2O3. The largest absolute Gasteiger partial charge is 0.478 e. The summed E-state index contributed by atoms with van der Waals surface area (Å²) in [6, 6.07) is 16.5. The molecule has 0 atom stereocenters. The normalized spacial score (nSPS) is 9.82. The van der Waals surface area contributed by atoms with Crippen molar-refractivity contribution < 1.29 is 14.3 Å². The predicted molar refractivity (Wildman–Crippen MR) is 158 cm³/mol. The van der Waals surface area contributed by atoms with Gasteiger partial charge < -0.3 is 9.52 Å². The highest BCUT2D eigenvalue weighted by molar-refractivity contribution is 9.11. The number of benzene rings is 3. The second-order valence-electron chi connectivity index (χ2n) is 6.19. The summed E-state index contributed by atoms with van der Waals surface area (Å²) in [5.74, 6) is 0.0261. The van der Waals surface area contributed by atoms with Crippen LogP contribution in [0.1, 0.15) is 25.2 Å². The van der Waals surface area contributed by atoms with E-state index in [1.54, 1.807) is 18.2 Å². The van der Waals surface area contributed by atoms with Gasteiger partial charge in [0.2, 0.25) is 11.8 Å². The van der Waals surface area contributed by atoms with Gasteiger partial charge in [0.25, 0.3) is 0 Å². The average Bonchev–Trinajstić information content (AvgIpc) is 3.16. The minimum Gasteiger partial charge on any atom is -0.478 e. The third-order valence-electron chi connectivity index (χ3n) is 3.75. The van der Waals surface area contributed by atoms with Gasteiger partial charge in [0.05, 0.1) is 5.56 Å². The van der Waals surface area contributed by atoms with E-state index in [1.165, 1.54) is 0 Å². The quantitative estimate of drug-likeness (QED) is 0.222. The maximum absolute atomic E-state index is 10.5. The summed E-state index contributed by atoms with van der Waals surface area (Å²) in [7, 11) is 0. The summed E-state index contributed by atoms with van der Waals surface area (Å²) >= 11 is 20.2. The van der Waals surface area contributed by atoms with Crippen molar-refractivity contribution in [3.05, 3.63) is 87.0 Å². The van der Waals surface area contributed by atoms with Crippen LogP contribution in [0.4, 0.5) is 0 Å². The standard InChI is InChI=1S/C14H6Br4N2O.C7H4Br2O2.2CH4/c15-9-1-7(2-10(16)5-9)13-19-20-14(21-13)8-3-11(17)6-12(18)4-8;8-5-1-4(7(10)11)2-6(9)3-5;;/h1-6H;1-3H,(H,10,11);2*1H4. The molecule has 11 heteroatoms. The molecule has 5 nitrogen and oxygen atoms in total. The molecule has 0 aliphatic heterocycles. The minimum absolute atomic E-state index is 0. The number of nitrogens with zero attached hydrogens (tertiary/aromatic N) is 2. The molecule has 0 spiro atoms. The van der Waals surface area contributed by atoms with Crippen molar-refractivity contribution in [1.82, 2.24) is 10.2 Å². The first kappa shape index (κ1) is 31.2. The predicted octanol–water partition coefficient (Wildman–Crippen LogP) is 10.6. The summed E-state index contributed by atoms with van der Waals surface area (Å²) in [6.07, 6.45) is 0. The third kappa shape index (κ3) is 8.98. The van der Waals surface area contributed by atoms with E-state index in [9.17, 15) is 4.79 Å². The van der Waals surface area contributed by atoms with E-state index in [0.29, 0.717) is 11.8 Å². The summed E-state index contributed by atoms with van der Waals surface area (Å²) < 4.78 is 11.0. The van der Waals surface area contributed by atoms with Crippen LogP contribution < -0.4 is 0 Å². The number of carbonyl (C=O) groups is 1. The van der Waals surface area contributed by atoms with E-state index in [4.69, 9.17) is 9.52 Å². The Labute approximate surface area is 248 Å². The van der Waals surface area contributed by atoms with Crippen LogP contribution >= 0.6 is 95.6 Å². The fraction of sp³-hybridized carbons (Fsp3) is 0.0870. The Hall–Kier alpha value is -0.850. The Balaban J connectivity index is 0.000000382. The van der Waals surface area contributed by atoms with Crippen LogP contribution in [0, 0.1) is 0 Å². The third-order valence-corrected chi connectivity index (χ3v) is 6.50. The molecule has 4 rings (SSSR count). The van der Waals surface area contributed by atoms with Crippen LogP contribution in [0.3, 0.4) is 0 Å². The first-order valence-electron chi connectivity index (χ1n) is 8.56. The zero-order valence-corrected chi connectivity index (χ0v) is 25.1. The molecule has 0 fully saturated rings. The lowest BCUT2D eigenvalue weighted by Gasteiger charge is -1.99. The highest BCUT2D eigenvalue weighted by atomic mass is 79.9. The maximum atomic E-state index is 10.5. The van der Waals surface area contributed by atoms with Crippen molar-refractivity contribution in [2.24, 2.45) is 0 Å². The first-order valence-corrected chi connectivity index (χ1v) is 13.3. The van der Waals surface area contributed by atoms with Gasteiger partial charge in [-0.15, -0.1) is 10.2 Å². The van der Waals surface area contributed by atoms with Gasteiger partial charge in [0, 0.05) is 38.0 Å². The molecular weight excluding hydrogens is 832 g/mol. The first-order chi connectivity index (χ1) is 15.1. The van der Waals surface area contributed by atoms with Gasteiger partial charge in [-0.3, -0.25) is 0 Å². The molecule has 0 saturated carbocycles. The number of aromatic nitrogens is 2. The molecule has 0 radical (unpaired) electrons. The molecule has 4 aromatic rings. The van der Waals surface area contributed by atoms with Gasteiger partial charge in [-0.2, -0.15) is 0 Å².